The van der Waals surface area contributed by atoms with Gasteiger partial charge in [0, 0.05) is 21.9 Å². The molecule has 0 radical (unpaired) electrons. The van der Waals surface area contributed by atoms with Gasteiger partial charge in [-0.25, -0.2) is 4.39 Å². The third-order valence-corrected chi connectivity index (χ3v) is 4.46. The highest BCUT2D eigenvalue weighted by Crippen LogP contribution is 2.33. The smallest absolute Gasteiger partial charge is 0.373 e. The maximum atomic E-state index is 14.1. The number of nitrogens with one attached hydrogen (secondary N) is 1. The van der Waals surface area contributed by atoms with Crippen LogP contribution in [0.4, 0.5) is 28.9 Å². The van der Waals surface area contributed by atoms with E-state index < -0.39 is 34.1 Å². The second kappa shape index (κ2) is 7.53. The quantitative estimate of drug-likeness (QED) is 0.444. The standard InChI is InChI=1S/C16H12F4N2O4S/c1-15(24,16(18,19)20)14(23)21-13-7-6-11(8-12(13)17)27-10-4-2-9(3-5-10)22(25)26/h2-8,24H,1H3,(H,21,23). The Balaban J connectivity index is 2.13. The number of nitro benzene ring substituents is 1. The first-order chi connectivity index (χ1) is 12.4. The molecule has 0 saturated carbocycles. The Morgan fingerprint density at radius 1 is 1.15 bits per heavy atom. The molecule has 0 heterocycles. The van der Waals surface area contributed by atoms with E-state index in [-0.39, 0.29) is 12.6 Å². The molecule has 0 bridgehead atoms. The first-order valence-electron chi connectivity index (χ1n) is 7.24. The lowest BCUT2D eigenvalue weighted by molar-refractivity contribution is -0.384. The molecule has 1 amide bonds. The van der Waals surface area contributed by atoms with Crippen molar-refractivity contribution in [2.45, 2.75) is 28.5 Å². The van der Waals surface area contributed by atoms with Crippen LogP contribution in [0.3, 0.4) is 0 Å². The SMILES string of the molecule is CC(O)(C(=O)Nc1ccc(Sc2ccc([N+](=O)[O-])cc2)cc1F)C(F)(F)F. The summed E-state index contributed by atoms with van der Waals surface area (Å²) in [5.74, 6) is -2.82. The van der Waals surface area contributed by atoms with Crippen LogP contribution < -0.4 is 5.32 Å². The Kier molecular flexibility index (Phi) is 5.76. The minimum absolute atomic E-state index is 0.111. The highest BCUT2D eigenvalue weighted by molar-refractivity contribution is 7.99. The zero-order chi connectivity index (χ0) is 20.4. The van der Waals surface area contributed by atoms with Crippen molar-refractivity contribution >= 4 is 29.0 Å². The van der Waals surface area contributed by atoms with Crippen molar-refractivity contribution in [3.8, 4) is 0 Å². The van der Waals surface area contributed by atoms with Gasteiger partial charge >= 0.3 is 6.18 Å². The van der Waals surface area contributed by atoms with Gasteiger partial charge in [-0.05, 0) is 37.3 Å². The summed E-state index contributed by atoms with van der Waals surface area (Å²) >= 11 is 1.05. The normalized spacial score (nSPS) is 13.7. The topological polar surface area (TPSA) is 92.5 Å². The Labute approximate surface area is 154 Å². The molecule has 2 N–H and O–H groups in total. The van der Waals surface area contributed by atoms with Crippen molar-refractivity contribution in [3.05, 3.63) is 58.4 Å². The van der Waals surface area contributed by atoms with Crippen LogP contribution in [0.1, 0.15) is 6.92 Å². The third kappa shape index (κ3) is 4.74. The van der Waals surface area contributed by atoms with E-state index in [1.807, 2.05) is 0 Å². The Morgan fingerprint density at radius 3 is 2.19 bits per heavy atom. The van der Waals surface area contributed by atoms with Crippen molar-refractivity contribution in [3.63, 3.8) is 0 Å². The van der Waals surface area contributed by atoms with E-state index in [0.29, 0.717) is 9.79 Å². The number of aliphatic hydroxyl groups is 1. The molecule has 1 atom stereocenters. The van der Waals surface area contributed by atoms with Crippen molar-refractivity contribution in [1.29, 1.82) is 0 Å². The molecule has 2 aromatic carbocycles. The van der Waals surface area contributed by atoms with Gasteiger partial charge in [-0.15, -0.1) is 0 Å². The first-order valence-corrected chi connectivity index (χ1v) is 8.06. The Hall–Kier alpha value is -2.66. The predicted molar refractivity (Wildman–Crippen MR) is 88.9 cm³/mol. The minimum atomic E-state index is -5.22. The molecule has 6 nitrogen and oxygen atoms in total. The van der Waals surface area contributed by atoms with E-state index in [4.69, 9.17) is 0 Å². The van der Waals surface area contributed by atoms with Crippen LogP contribution in [0.15, 0.2) is 52.3 Å². The Morgan fingerprint density at radius 2 is 1.70 bits per heavy atom. The number of nitrogens with zero attached hydrogens (tertiary/aromatic N) is 1. The zero-order valence-electron chi connectivity index (χ0n) is 13.6. The molecular weight excluding hydrogens is 392 g/mol. The molecule has 0 fully saturated rings. The van der Waals surface area contributed by atoms with E-state index >= 15 is 0 Å². The van der Waals surface area contributed by atoms with Crippen molar-refractivity contribution in [2.24, 2.45) is 0 Å². The average molecular weight is 404 g/mol. The molecular formula is C16H12F4N2O4S. The van der Waals surface area contributed by atoms with Gasteiger partial charge in [-0.3, -0.25) is 14.9 Å². The first kappa shape index (κ1) is 20.6. The summed E-state index contributed by atoms with van der Waals surface area (Å²) in [6.45, 7) is 0.263. The van der Waals surface area contributed by atoms with Gasteiger partial charge in [-0.1, -0.05) is 11.8 Å². The number of carbonyl (C=O) groups excluding carboxylic acids is 1. The van der Waals surface area contributed by atoms with Crippen LogP contribution in [0.5, 0.6) is 0 Å². The Bertz CT molecular complexity index is 870. The van der Waals surface area contributed by atoms with Crippen molar-refractivity contribution in [2.75, 3.05) is 5.32 Å². The summed E-state index contributed by atoms with van der Waals surface area (Å²) in [6.07, 6.45) is -5.22. The predicted octanol–water partition coefficient (Wildman–Crippen LogP) is 4.14. The maximum absolute atomic E-state index is 14.1. The number of nitro groups is 1. The molecule has 1 unspecified atom stereocenters. The van der Waals surface area contributed by atoms with Crippen LogP contribution >= 0.6 is 11.8 Å². The number of rotatable bonds is 5. The fourth-order valence-corrected chi connectivity index (χ4v) is 2.65. The summed E-state index contributed by atoms with van der Waals surface area (Å²) < 4.78 is 52.0. The number of hydrogen-bond acceptors (Lipinski definition) is 5. The summed E-state index contributed by atoms with van der Waals surface area (Å²) in [4.78, 5) is 22.5. The van der Waals surface area contributed by atoms with E-state index in [9.17, 15) is 37.6 Å². The lowest BCUT2D eigenvalue weighted by atomic mass is 10.1. The molecule has 0 aliphatic rings. The molecule has 0 aromatic heterocycles. The number of benzene rings is 2. The number of hydrogen-bond donors (Lipinski definition) is 2. The van der Waals surface area contributed by atoms with Crippen LogP contribution in [-0.4, -0.2) is 27.7 Å². The molecule has 0 spiro atoms. The van der Waals surface area contributed by atoms with Crippen molar-refractivity contribution < 1.29 is 32.4 Å². The lowest BCUT2D eigenvalue weighted by Gasteiger charge is -2.25. The van der Waals surface area contributed by atoms with E-state index in [2.05, 4.69) is 0 Å². The summed E-state index contributed by atoms with van der Waals surface area (Å²) in [5, 5.41) is 21.6. The van der Waals surface area contributed by atoms with Gasteiger partial charge < -0.3 is 10.4 Å². The second-order valence-corrected chi connectivity index (χ2v) is 6.67. The number of non-ortho nitro benzene ring substituents is 1. The van der Waals surface area contributed by atoms with Crippen LogP contribution in [0.25, 0.3) is 0 Å². The number of halogens is 4. The van der Waals surface area contributed by atoms with Gasteiger partial charge in [0.15, 0.2) is 0 Å². The van der Waals surface area contributed by atoms with Gasteiger partial charge in [0.2, 0.25) is 5.60 Å². The lowest BCUT2D eigenvalue weighted by Crippen LogP contribution is -2.52. The molecule has 144 valence electrons. The van der Waals surface area contributed by atoms with Gasteiger partial charge in [-0.2, -0.15) is 13.2 Å². The fourth-order valence-electron chi connectivity index (χ4n) is 1.81. The van der Waals surface area contributed by atoms with Gasteiger partial charge in [0.1, 0.15) is 5.82 Å². The van der Waals surface area contributed by atoms with Gasteiger partial charge in [0.05, 0.1) is 10.6 Å². The summed E-state index contributed by atoms with van der Waals surface area (Å²) in [7, 11) is 0. The van der Waals surface area contributed by atoms with E-state index in [1.165, 1.54) is 30.3 Å². The molecule has 0 saturated heterocycles. The van der Waals surface area contributed by atoms with Crippen LogP contribution in [-0.2, 0) is 4.79 Å². The number of alkyl halides is 3. The molecule has 11 heteroatoms. The van der Waals surface area contributed by atoms with Crippen LogP contribution in [0.2, 0.25) is 0 Å². The molecule has 2 aromatic rings. The van der Waals surface area contributed by atoms with E-state index in [1.54, 1.807) is 5.32 Å². The fraction of sp³-hybridized carbons (Fsp3) is 0.188. The molecule has 0 aliphatic heterocycles. The molecule has 2 rings (SSSR count). The second-order valence-electron chi connectivity index (χ2n) is 5.52. The number of carbonyl (C=O) groups is 1. The summed E-state index contributed by atoms with van der Waals surface area (Å²) in [6, 6.07) is 8.82. The number of amides is 1. The third-order valence-electron chi connectivity index (χ3n) is 3.47. The van der Waals surface area contributed by atoms with Crippen LogP contribution in [0, 0.1) is 15.9 Å². The molecule has 0 aliphatic carbocycles. The molecule has 27 heavy (non-hydrogen) atoms. The largest absolute Gasteiger partial charge is 0.426 e. The monoisotopic (exact) mass is 404 g/mol. The highest BCUT2D eigenvalue weighted by Gasteiger charge is 2.55. The summed E-state index contributed by atoms with van der Waals surface area (Å²) in [5.41, 5.74) is -4.32. The average Bonchev–Trinajstić information content (AvgIpc) is 2.56. The zero-order valence-corrected chi connectivity index (χ0v) is 14.4. The van der Waals surface area contributed by atoms with Gasteiger partial charge in [0.25, 0.3) is 11.6 Å². The minimum Gasteiger partial charge on any atom is -0.373 e. The number of anilines is 1. The van der Waals surface area contributed by atoms with Crippen molar-refractivity contribution in [1.82, 2.24) is 0 Å². The highest BCUT2D eigenvalue weighted by atomic mass is 32.2. The van der Waals surface area contributed by atoms with E-state index in [0.717, 1.165) is 23.9 Å². The maximum Gasteiger partial charge on any atom is 0.426 e.